The van der Waals surface area contributed by atoms with Gasteiger partial charge in [-0.1, -0.05) is 48.5 Å². The Morgan fingerprint density at radius 1 is 0.914 bits per heavy atom. The molecule has 0 N–H and O–H groups in total. The molecule has 186 valence electrons. The summed E-state index contributed by atoms with van der Waals surface area (Å²) in [4.78, 5) is 35.5. The van der Waals surface area contributed by atoms with Crippen LogP contribution < -0.4 is 0 Å². The van der Waals surface area contributed by atoms with Crippen LogP contribution in [0.2, 0.25) is 0 Å². The number of hydrogen-bond acceptors (Lipinski definition) is 8. The summed E-state index contributed by atoms with van der Waals surface area (Å²) in [6, 6.07) is 17.5. The quantitative estimate of drug-likeness (QED) is 0.226. The molecule has 1 heterocycles. The van der Waals surface area contributed by atoms with E-state index in [0.29, 0.717) is 6.42 Å². The van der Waals surface area contributed by atoms with Gasteiger partial charge in [-0.3, -0.25) is 9.59 Å². The lowest BCUT2D eigenvalue weighted by molar-refractivity contribution is -0.218. The maximum Gasteiger partial charge on any atom is 0.373 e. The minimum Gasteiger partial charge on any atom is -0.463 e. The monoisotopic (exact) mass is 482 g/mol. The predicted octanol–water partition coefficient (Wildman–Crippen LogP) is 4.27. The van der Waals surface area contributed by atoms with Crippen LogP contribution in [0, 0.1) is 0 Å². The highest BCUT2D eigenvalue weighted by Crippen LogP contribution is 2.27. The van der Waals surface area contributed by atoms with E-state index in [9.17, 15) is 14.4 Å². The van der Waals surface area contributed by atoms with Crippen molar-refractivity contribution in [3.8, 4) is 11.1 Å². The first kappa shape index (κ1) is 26.0. The smallest absolute Gasteiger partial charge is 0.373 e. The lowest BCUT2D eigenvalue weighted by Gasteiger charge is -2.34. The molecule has 0 amide bonds. The second kappa shape index (κ2) is 12.7. The molecule has 35 heavy (non-hydrogen) atoms. The van der Waals surface area contributed by atoms with E-state index < -0.39 is 36.4 Å². The Morgan fingerprint density at radius 2 is 1.66 bits per heavy atom. The zero-order valence-corrected chi connectivity index (χ0v) is 20.1. The Kier molecular flexibility index (Phi) is 9.43. The highest BCUT2D eigenvalue weighted by Gasteiger charge is 2.34. The third-order valence-corrected chi connectivity index (χ3v) is 5.16. The Balaban J connectivity index is 1.84. The fourth-order valence-corrected chi connectivity index (χ4v) is 3.73. The first-order valence-corrected chi connectivity index (χ1v) is 11.5. The lowest BCUT2D eigenvalue weighted by Crippen LogP contribution is -2.41. The molecule has 0 saturated carbocycles. The first-order chi connectivity index (χ1) is 16.8. The van der Waals surface area contributed by atoms with Crippen LogP contribution in [-0.4, -0.2) is 49.6 Å². The number of carbonyl (C=O) groups is 3. The molecule has 8 heteroatoms. The molecular formula is C27H30O8. The minimum absolute atomic E-state index is 0.0233. The average Bonchev–Trinajstić information content (AvgIpc) is 2.83. The molecule has 1 aliphatic heterocycles. The van der Waals surface area contributed by atoms with Crippen LogP contribution in [-0.2, 0) is 38.1 Å². The van der Waals surface area contributed by atoms with E-state index in [1.807, 2.05) is 54.6 Å². The summed E-state index contributed by atoms with van der Waals surface area (Å²) in [6.07, 6.45) is 0.135. The average molecular weight is 483 g/mol. The van der Waals surface area contributed by atoms with Crippen LogP contribution >= 0.6 is 0 Å². The standard InChI is InChI=1S/C27H30O8/c1-4-31-27(30)25(14-20-9-8-12-22(13-20)21-10-6-5-7-11-21)35-26-16-23(33-19(3)29)15-24(34-26)17-32-18(2)28/h5-14,23-24,26H,4,15-17H2,1-3H3/b25-14-. The summed E-state index contributed by atoms with van der Waals surface area (Å²) in [5, 5.41) is 0. The van der Waals surface area contributed by atoms with Crippen LogP contribution in [0.3, 0.4) is 0 Å². The predicted molar refractivity (Wildman–Crippen MR) is 128 cm³/mol. The van der Waals surface area contributed by atoms with Gasteiger partial charge < -0.3 is 23.7 Å². The maximum atomic E-state index is 12.7. The Hall–Kier alpha value is -3.65. The highest BCUT2D eigenvalue weighted by molar-refractivity contribution is 5.91. The molecule has 0 radical (unpaired) electrons. The van der Waals surface area contributed by atoms with E-state index in [2.05, 4.69) is 0 Å². The number of rotatable bonds is 9. The molecule has 2 aromatic rings. The number of esters is 3. The Labute approximate surface area is 204 Å². The van der Waals surface area contributed by atoms with Crippen LogP contribution in [0.1, 0.15) is 39.2 Å². The van der Waals surface area contributed by atoms with Gasteiger partial charge in [-0.2, -0.15) is 0 Å². The third-order valence-electron chi connectivity index (χ3n) is 5.16. The maximum absolute atomic E-state index is 12.7. The topological polar surface area (TPSA) is 97.4 Å². The van der Waals surface area contributed by atoms with E-state index in [0.717, 1.165) is 16.7 Å². The molecule has 3 atom stereocenters. The van der Waals surface area contributed by atoms with Gasteiger partial charge >= 0.3 is 17.9 Å². The molecule has 1 aliphatic rings. The van der Waals surface area contributed by atoms with Gasteiger partial charge in [0, 0.05) is 26.7 Å². The number of hydrogen-bond donors (Lipinski definition) is 0. The third kappa shape index (κ3) is 8.26. The van der Waals surface area contributed by atoms with Gasteiger partial charge in [-0.25, -0.2) is 4.79 Å². The van der Waals surface area contributed by atoms with Gasteiger partial charge in [0.2, 0.25) is 12.0 Å². The van der Waals surface area contributed by atoms with Crippen molar-refractivity contribution < 1.29 is 38.1 Å². The fourth-order valence-electron chi connectivity index (χ4n) is 3.73. The van der Waals surface area contributed by atoms with E-state index in [1.54, 1.807) is 13.0 Å². The second-order valence-corrected chi connectivity index (χ2v) is 8.03. The highest BCUT2D eigenvalue weighted by atomic mass is 16.7. The lowest BCUT2D eigenvalue weighted by atomic mass is 10.0. The van der Waals surface area contributed by atoms with Crippen molar-refractivity contribution in [1.82, 2.24) is 0 Å². The molecule has 8 nitrogen and oxygen atoms in total. The van der Waals surface area contributed by atoms with Crippen molar-refractivity contribution in [3.05, 3.63) is 65.9 Å². The van der Waals surface area contributed by atoms with E-state index in [1.165, 1.54) is 13.8 Å². The van der Waals surface area contributed by atoms with Crippen LogP contribution in [0.5, 0.6) is 0 Å². The molecule has 1 saturated heterocycles. The van der Waals surface area contributed by atoms with Crippen LogP contribution in [0.15, 0.2) is 60.4 Å². The molecular weight excluding hydrogens is 452 g/mol. The van der Waals surface area contributed by atoms with Gasteiger partial charge in [0.1, 0.15) is 12.7 Å². The first-order valence-electron chi connectivity index (χ1n) is 11.5. The summed E-state index contributed by atoms with van der Waals surface area (Å²) in [7, 11) is 0. The van der Waals surface area contributed by atoms with Gasteiger partial charge in [-0.15, -0.1) is 0 Å². The molecule has 0 aliphatic carbocycles. The van der Waals surface area contributed by atoms with Gasteiger partial charge in [0.05, 0.1) is 12.7 Å². The Bertz CT molecular complexity index is 1050. The molecule has 3 unspecified atom stereocenters. The van der Waals surface area contributed by atoms with Crippen LogP contribution in [0.25, 0.3) is 17.2 Å². The molecule has 0 bridgehead atoms. The number of benzene rings is 2. The van der Waals surface area contributed by atoms with Crippen molar-refractivity contribution in [3.63, 3.8) is 0 Å². The molecule has 3 rings (SSSR count). The molecule has 1 fully saturated rings. The number of ether oxygens (including phenoxy) is 5. The van der Waals surface area contributed by atoms with E-state index in [-0.39, 0.29) is 25.4 Å². The molecule has 0 spiro atoms. The van der Waals surface area contributed by atoms with Crippen molar-refractivity contribution in [1.29, 1.82) is 0 Å². The zero-order valence-electron chi connectivity index (χ0n) is 20.1. The molecule has 2 aromatic carbocycles. The SMILES string of the molecule is CCOC(=O)/C(=C/c1cccc(-c2ccccc2)c1)OC1CC(OC(C)=O)CC(COC(C)=O)O1. The normalized spacial score (nSPS) is 20.0. The number of carbonyl (C=O) groups excluding carboxylic acids is 3. The van der Waals surface area contributed by atoms with Crippen LogP contribution in [0.4, 0.5) is 0 Å². The van der Waals surface area contributed by atoms with E-state index >= 15 is 0 Å². The second-order valence-electron chi connectivity index (χ2n) is 8.03. The van der Waals surface area contributed by atoms with Gasteiger partial charge in [0.25, 0.3) is 0 Å². The zero-order chi connectivity index (χ0) is 25.2. The Morgan fingerprint density at radius 3 is 2.34 bits per heavy atom. The summed E-state index contributed by atoms with van der Waals surface area (Å²) < 4.78 is 27.4. The fraction of sp³-hybridized carbons (Fsp3) is 0.370. The van der Waals surface area contributed by atoms with Crippen molar-refractivity contribution in [2.24, 2.45) is 0 Å². The van der Waals surface area contributed by atoms with Gasteiger partial charge in [0.15, 0.2) is 0 Å². The van der Waals surface area contributed by atoms with Crippen molar-refractivity contribution in [2.75, 3.05) is 13.2 Å². The van der Waals surface area contributed by atoms with Crippen molar-refractivity contribution in [2.45, 2.75) is 52.1 Å². The minimum atomic E-state index is -0.915. The summed E-state index contributed by atoms with van der Waals surface area (Å²) >= 11 is 0. The summed E-state index contributed by atoms with van der Waals surface area (Å²) in [5.74, 6) is -1.59. The van der Waals surface area contributed by atoms with E-state index in [4.69, 9.17) is 23.7 Å². The summed E-state index contributed by atoms with van der Waals surface area (Å²) in [5.41, 5.74) is 2.75. The van der Waals surface area contributed by atoms with Gasteiger partial charge in [-0.05, 0) is 35.8 Å². The molecule has 0 aromatic heterocycles. The van der Waals surface area contributed by atoms with Crippen molar-refractivity contribution >= 4 is 24.0 Å². The largest absolute Gasteiger partial charge is 0.463 e. The summed E-state index contributed by atoms with van der Waals surface area (Å²) in [6.45, 7) is 4.46.